The van der Waals surface area contributed by atoms with Gasteiger partial charge in [0.25, 0.3) is 0 Å². The minimum Gasteiger partial charge on any atom is -0.478 e. The van der Waals surface area contributed by atoms with Crippen LogP contribution in [-0.2, 0) is 6.54 Å². The Balaban J connectivity index is 3.25. The Labute approximate surface area is 81.3 Å². The molecule has 4 heteroatoms. The fourth-order valence-corrected chi connectivity index (χ4v) is 1.24. The molecule has 74 valence electrons. The summed E-state index contributed by atoms with van der Waals surface area (Å²) in [5, 5.41) is 8.71. The van der Waals surface area contributed by atoms with Crippen LogP contribution in [0.5, 0.6) is 0 Å². The lowest BCUT2D eigenvalue weighted by atomic mass is 10.0. The van der Waals surface area contributed by atoms with Crippen molar-refractivity contribution in [3.8, 4) is 0 Å². The fraction of sp³-hybridized carbons (Fsp3) is 0.200. The van der Waals surface area contributed by atoms with Crippen LogP contribution < -0.4 is 5.73 Å². The molecule has 0 aromatic heterocycles. The van der Waals surface area contributed by atoms with Gasteiger partial charge in [0.05, 0.1) is 5.56 Å². The van der Waals surface area contributed by atoms with E-state index in [9.17, 15) is 9.59 Å². The standard InChI is InChI=1S/C10H11NO3/c1-6(12)9-3-2-7(10(13)14)4-8(9)5-11/h2-4H,5,11H2,1H3,(H,13,14). The highest BCUT2D eigenvalue weighted by Gasteiger charge is 2.09. The van der Waals surface area contributed by atoms with E-state index in [1.807, 2.05) is 0 Å². The molecule has 0 radical (unpaired) electrons. The summed E-state index contributed by atoms with van der Waals surface area (Å²) in [5.41, 5.74) is 6.61. The first-order valence-electron chi connectivity index (χ1n) is 4.13. The minimum absolute atomic E-state index is 0.109. The van der Waals surface area contributed by atoms with Crippen LogP contribution in [0.4, 0.5) is 0 Å². The average molecular weight is 193 g/mol. The molecule has 3 N–H and O–H groups in total. The van der Waals surface area contributed by atoms with Gasteiger partial charge >= 0.3 is 5.97 Å². The van der Waals surface area contributed by atoms with E-state index in [-0.39, 0.29) is 17.9 Å². The molecule has 0 atom stereocenters. The van der Waals surface area contributed by atoms with Gasteiger partial charge < -0.3 is 10.8 Å². The molecule has 1 rings (SSSR count). The summed E-state index contributed by atoms with van der Waals surface area (Å²) in [4.78, 5) is 21.7. The maximum absolute atomic E-state index is 11.1. The van der Waals surface area contributed by atoms with E-state index in [0.29, 0.717) is 11.1 Å². The van der Waals surface area contributed by atoms with Crippen molar-refractivity contribution in [2.75, 3.05) is 0 Å². The van der Waals surface area contributed by atoms with E-state index >= 15 is 0 Å². The Morgan fingerprint density at radius 3 is 2.50 bits per heavy atom. The van der Waals surface area contributed by atoms with E-state index in [1.54, 1.807) is 0 Å². The van der Waals surface area contributed by atoms with Gasteiger partial charge in [-0.05, 0) is 24.6 Å². The van der Waals surface area contributed by atoms with Gasteiger partial charge in [0, 0.05) is 12.1 Å². The molecule has 0 aliphatic rings. The number of hydrogen-bond acceptors (Lipinski definition) is 3. The van der Waals surface area contributed by atoms with Crippen molar-refractivity contribution >= 4 is 11.8 Å². The zero-order valence-corrected chi connectivity index (χ0v) is 7.78. The van der Waals surface area contributed by atoms with Crippen LogP contribution in [0.25, 0.3) is 0 Å². The molecule has 1 aromatic carbocycles. The number of aromatic carboxylic acids is 1. The van der Waals surface area contributed by atoms with Crippen molar-refractivity contribution in [3.05, 3.63) is 34.9 Å². The lowest BCUT2D eigenvalue weighted by Gasteiger charge is -2.05. The fourth-order valence-electron chi connectivity index (χ4n) is 1.24. The van der Waals surface area contributed by atoms with Crippen molar-refractivity contribution in [3.63, 3.8) is 0 Å². The average Bonchev–Trinajstić information content (AvgIpc) is 2.16. The van der Waals surface area contributed by atoms with Crippen molar-refractivity contribution in [2.24, 2.45) is 5.73 Å². The highest BCUT2D eigenvalue weighted by Crippen LogP contribution is 2.12. The molecule has 0 aliphatic carbocycles. The van der Waals surface area contributed by atoms with E-state index in [0.717, 1.165) is 0 Å². The van der Waals surface area contributed by atoms with Gasteiger partial charge in [-0.15, -0.1) is 0 Å². The van der Waals surface area contributed by atoms with Crippen LogP contribution in [-0.4, -0.2) is 16.9 Å². The molecule has 0 aliphatic heterocycles. The number of carboxylic acid groups (broad SMARTS) is 1. The van der Waals surface area contributed by atoms with Gasteiger partial charge in [-0.2, -0.15) is 0 Å². The van der Waals surface area contributed by atoms with E-state index in [2.05, 4.69) is 0 Å². The Bertz CT molecular complexity index is 385. The molecular weight excluding hydrogens is 182 g/mol. The molecule has 14 heavy (non-hydrogen) atoms. The first-order valence-corrected chi connectivity index (χ1v) is 4.13. The molecule has 4 nitrogen and oxygen atoms in total. The van der Waals surface area contributed by atoms with Gasteiger partial charge in [0.2, 0.25) is 0 Å². The Hall–Kier alpha value is -1.68. The van der Waals surface area contributed by atoms with Crippen LogP contribution >= 0.6 is 0 Å². The second kappa shape index (κ2) is 4.02. The van der Waals surface area contributed by atoms with Crippen LogP contribution in [0.2, 0.25) is 0 Å². The SMILES string of the molecule is CC(=O)c1ccc(C(=O)O)cc1CN. The number of ketones is 1. The molecule has 0 fully saturated rings. The summed E-state index contributed by atoms with van der Waals surface area (Å²) >= 11 is 0. The number of benzene rings is 1. The van der Waals surface area contributed by atoms with Crippen LogP contribution in [0.1, 0.15) is 33.2 Å². The molecule has 0 saturated carbocycles. The largest absolute Gasteiger partial charge is 0.478 e. The predicted molar refractivity (Wildman–Crippen MR) is 51.3 cm³/mol. The normalized spacial score (nSPS) is 9.86. The summed E-state index contributed by atoms with van der Waals surface area (Å²) in [6, 6.07) is 4.32. The van der Waals surface area contributed by atoms with Gasteiger partial charge in [0.15, 0.2) is 5.78 Å². The third kappa shape index (κ3) is 1.97. The molecule has 0 bridgehead atoms. The lowest BCUT2D eigenvalue weighted by Crippen LogP contribution is -2.07. The van der Waals surface area contributed by atoms with Crippen molar-refractivity contribution in [2.45, 2.75) is 13.5 Å². The zero-order valence-electron chi connectivity index (χ0n) is 7.78. The number of carbonyl (C=O) groups excluding carboxylic acids is 1. The van der Waals surface area contributed by atoms with Crippen LogP contribution in [0, 0.1) is 0 Å². The van der Waals surface area contributed by atoms with Gasteiger partial charge in [-0.3, -0.25) is 4.79 Å². The first-order chi connectivity index (χ1) is 6.56. The van der Waals surface area contributed by atoms with Crippen LogP contribution in [0.15, 0.2) is 18.2 Å². The number of hydrogen-bond donors (Lipinski definition) is 2. The molecular formula is C10H11NO3. The van der Waals surface area contributed by atoms with Gasteiger partial charge in [0.1, 0.15) is 0 Å². The van der Waals surface area contributed by atoms with Crippen molar-refractivity contribution < 1.29 is 14.7 Å². The molecule has 0 heterocycles. The van der Waals surface area contributed by atoms with E-state index < -0.39 is 5.97 Å². The number of carbonyl (C=O) groups is 2. The third-order valence-corrected chi connectivity index (χ3v) is 1.95. The quantitative estimate of drug-likeness (QED) is 0.703. The van der Waals surface area contributed by atoms with Gasteiger partial charge in [-0.1, -0.05) is 6.07 Å². The summed E-state index contributed by atoms with van der Waals surface area (Å²) in [7, 11) is 0. The maximum Gasteiger partial charge on any atom is 0.335 e. The Morgan fingerprint density at radius 1 is 1.43 bits per heavy atom. The summed E-state index contributed by atoms with van der Waals surface area (Å²) < 4.78 is 0. The topological polar surface area (TPSA) is 80.4 Å². The van der Waals surface area contributed by atoms with Crippen molar-refractivity contribution in [1.29, 1.82) is 0 Å². The molecule has 0 spiro atoms. The Kier molecular flexibility index (Phi) is 2.99. The third-order valence-electron chi connectivity index (χ3n) is 1.95. The monoisotopic (exact) mass is 193 g/mol. The van der Waals surface area contributed by atoms with E-state index in [4.69, 9.17) is 10.8 Å². The highest BCUT2D eigenvalue weighted by atomic mass is 16.4. The summed E-state index contributed by atoms with van der Waals surface area (Å²) in [6.07, 6.45) is 0. The Morgan fingerprint density at radius 2 is 2.07 bits per heavy atom. The second-order valence-corrected chi connectivity index (χ2v) is 2.94. The number of rotatable bonds is 3. The second-order valence-electron chi connectivity index (χ2n) is 2.94. The molecule has 0 saturated heterocycles. The highest BCUT2D eigenvalue weighted by molar-refractivity contribution is 5.97. The zero-order chi connectivity index (χ0) is 10.7. The van der Waals surface area contributed by atoms with Gasteiger partial charge in [-0.25, -0.2) is 4.79 Å². The first kappa shape index (κ1) is 10.4. The molecule has 0 amide bonds. The number of carboxylic acids is 1. The predicted octanol–water partition coefficient (Wildman–Crippen LogP) is 1.05. The summed E-state index contributed by atoms with van der Waals surface area (Å²) in [5.74, 6) is -1.13. The van der Waals surface area contributed by atoms with Crippen LogP contribution in [0.3, 0.4) is 0 Å². The lowest BCUT2D eigenvalue weighted by molar-refractivity contribution is 0.0696. The van der Waals surface area contributed by atoms with Crippen molar-refractivity contribution in [1.82, 2.24) is 0 Å². The summed E-state index contributed by atoms with van der Waals surface area (Å²) in [6.45, 7) is 1.59. The smallest absolute Gasteiger partial charge is 0.335 e. The maximum atomic E-state index is 11.1. The molecule has 0 unspecified atom stereocenters. The number of nitrogens with two attached hydrogens (primary N) is 1. The molecule has 1 aromatic rings. The number of Topliss-reactive ketones (excluding diaryl/α,β-unsaturated/α-hetero) is 1. The van der Waals surface area contributed by atoms with E-state index in [1.165, 1.54) is 25.1 Å². The minimum atomic E-state index is -1.02.